The quantitative estimate of drug-likeness (QED) is 0.243. The van der Waals surface area contributed by atoms with Crippen LogP contribution in [0.25, 0.3) is 10.8 Å². The molecule has 1 fully saturated rings. The number of carbonyl (C=O) groups is 2. The molecular formula is C35H39N3O4S. The summed E-state index contributed by atoms with van der Waals surface area (Å²) in [7, 11) is -3.86. The summed E-state index contributed by atoms with van der Waals surface area (Å²) in [5, 5.41) is 4.81. The van der Waals surface area contributed by atoms with Crippen molar-refractivity contribution < 1.29 is 18.0 Å². The van der Waals surface area contributed by atoms with Crippen molar-refractivity contribution in [3.8, 4) is 0 Å². The van der Waals surface area contributed by atoms with Gasteiger partial charge < -0.3 is 10.2 Å². The molecule has 0 aromatic heterocycles. The molecule has 0 heterocycles. The highest BCUT2D eigenvalue weighted by Gasteiger charge is 2.34. The fourth-order valence-corrected chi connectivity index (χ4v) is 6.77. The zero-order valence-electron chi connectivity index (χ0n) is 24.8. The fourth-order valence-electron chi connectivity index (χ4n) is 5.91. The lowest BCUT2D eigenvalue weighted by molar-refractivity contribution is -0.140. The third kappa shape index (κ3) is 7.43. The van der Waals surface area contributed by atoms with Gasteiger partial charge in [-0.3, -0.25) is 13.9 Å². The van der Waals surface area contributed by atoms with E-state index in [0.29, 0.717) is 12.1 Å². The predicted octanol–water partition coefficient (Wildman–Crippen LogP) is 5.61. The monoisotopic (exact) mass is 597 g/mol. The second-order valence-electron chi connectivity index (χ2n) is 11.4. The summed E-state index contributed by atoms with van der Waals surface area (Å²) in [5.41, 5.74) is 3.24. The molecule has 8 heteroatoms. The zero-order chi connectivity index (χ0) is 30.4. The van der Waals surface area contributed by atoms with Gasteiger partial charge in [0.1, 0.15) is 12.6 Å². The normalized spacial score (nSPS) is 14.4. The average Bonchev–Trinajstić information content (AvgIpc) is 3.51. The molecular weight excluding hydrogens is 558 g/mol. The number of benzene rings is 4. The number of amides is 2. The first-order valence-electron chi connectivity index (χ1n) is 14.8. The summed E-state index contributed by atoms with van der Waals surface area (Å²) in [6, 6.07) is 29.6. The van der Waals surface area contributed by atoms with E-state index in [-0.39, 0.29) is 18.5 Å². The molecule has 0 aliphatic heterocycles. The summed E-state index contributed by atoms with van der Waals surface area (Å²) in [6.07, 6.45) is 5.38. The largest absolute Gasteiger partial charge is 0.352 e. The number of fused-ring (bicyclic) bond motifs is 1. The summed E-state index contributed by atoms with van der Waals surface area (Å²) >= 11 is 0. The topological polar surface area (TPSA) is 86.8 Å². The zero-order valence-corrected chi connectivity index (χ0v) is 25.6. The summed E-state index contributed by atoms with van der Waals surface area (Å²) in [4.78, 5) is 30.0. The molecule has 1 saturated carbocycles. The van der Waals surface area contributed by atoms with Crippen molar-refractivity contribution in [2.45, 2.75) is 57.7 Å². The van der Waals surface area contributed by atoms with E-state index in [1.54, 1.807) is 17.0 Å². The van der Waals surface area contributed by atoms with Gasteiger partial charge in [0.15, 0.2) is 0 Å². The van der Waals surface area contributed by atoms with Crippen LogP contribution in [-0.2, 0) is 32.6 Å². The van der Waals surface area contributed by atoms with Crippen LogP contribution in [0.3, 0.4) is 0 Å². The Morgan fingerprint density at radius 3 is 2.23 bits per heavy atom. The molecule has 4 aromatic carbocycles. The smallest absolute Gasteiger partial charge is 0.244 e. The molecule has 1 N–H and O–H groups in total. The second-order valence-corrected chi connectivity index (χ2v) is 13.3. The molecule has 0 spiro atoms. The molecule has 5 rings (SSSR count). The molecule has 7 nitrogen and oxygen atoms in total. The van der Waals surface area contributed by atoms with Crippen LogP contribution in [0, 0.1) is 6.92 Å². The highest BCUT2D eigenvalue weighted by atomic mass is 32.2. The second kappa shape index (κ2) is 13.4. The van der Waals surface area contributed by atoms with E-state index in [9.17, 15) is 18.0 Å². The van der Waals surface area contributed by atoms with Crippen molar-refractivity contribution >= 4 is 38.3 Å². The van der Waals surface area contributed by atoms with Gasteiger partial charge in [-0.25, -0.2) is 8.42 Å². The molecule has 1 aliphatic rings. The summed E-state index contributed by atoms with van der Waals surface area (Å²) in [6.45, 7) is 1.72. The Kier molecular flexibility index (Phi) is 9.46. The Morgan fingerprint density at radius 1 is 0.860 bits per heavy atom. The van der Waals surface area contributed by atoms with Crippen LogP contribution in [0.1, 0.15) is 42.4 Å². The highest BCUT2D eigenvalue weighted by Crippen LogP contribution is 2.29. The Hall–Kier alpha value is -4.17. The number of carbonyl (C=O) groups excluding carboxylic acids is 2. The van der Waals surface area contributed by atoms with Gasteiger partial charge in [-0.2, -0.15) is 0 Å². The standard InChI is InChI=1S/C35H39N3O4S/c1-26-13-6-7-17-29(26)24-37(33(23-27-14-4-3-5-15-27)35(40)36-30-19-9-10-20-30)34(39)25-38(43(2,41)42)32-22-12-18-28-16-8-11-21-31(28)32/h3-8,11-18,21-22,30,33H,9-10,19-20,23-25H2,1-2H3,(H,36,40). The predicted molar refractivity (Wildman–Crippen MR) is 172 cm³/mol. The molecule has 1 aliphatic carbocycles. The number of hydrogen-bond donors (Lipinski definition) is 1. The third-order valence-electron chi connectivity index (χ3n) is 8.29. The van der Waals surface area contributed by atoms with E-state index in [1.807, 2.05) is 91.9 Å². The minimum atomic E-state index is -3.86. The van der Waals surface area contributed by atoms with Crippen LogP contribution in [0.4, 0.5) is 5.69 Å². The van der Waals surface area contributed by atoms with E-state index in [4.69, 9.17) is 0 Å². The number of hydrogen-bond acceptors (Lipinski definition) is 4. The van der Waals surface area contributed by atoms with Crippen molar-refractivity contribution in [3.63, 3.8) is 0 Å². The van der Waals surface area contributed by atoms with Crippen molar-refractivity contribution in [1.29, 1.82) is 0 Å². The van der Waals surface area contributed by atoms with Crippen LogP contribution in [-0.4, -0.2) is 50.0 Å². The first kappa shape index (κ1) is 30.3. The number of aryl methyl sites for hydroxylation is 1. The van der Waals surface area contributed by atoms with Gasteiger partial charge in [0.05, 0.1) is 11.9 Å². The van der Waals surface area contributed by atoms with E-state index in [0.717, 1.165) is 63.7 Å². The van der Waals surface area contributed by atoms with E-state index in [1.165, 1.54) is 0 Å². The molecule has 0 radical (unpaired) electrons. The highest BCUT2D eigenvalue weighted by molar-refractivity contribution is 7.92. The van der Waals surface area contributed by atoms with Gasteiger partial charge in [-0.15, -0.1) is 0 Å². The maximum Gasteiger partial charge on any atom is 0.244 e. The molecule has 1 atom stereocenters. The Morgan fingerprint density at radius 2 is 1.51 bits per heavy atom. The Balaban J connectivity index is 1.55. The first-order valence-corrected chi connectivity index (χ1v) is 16.7. The van der Waals surface area contributed by atoms with Gasteiger partial charge in [-0.05, 0) is 47.9 Å². The minimum absolute atomic E-state index is 0.0735. The summed E-state index contributed by atoms with van der Waals surface area (Å²) in [5.74, 6) is -0.655. The Labute approximate surface area is 254 Å². The van der Waals surface area contributed by atoms with Crippen LogP contribution in [0.15, 0.2) is 97.1 Å². The number of nitrogens with zero attached hydrogens (tertiary/aromatic N) is 2. The lowest BCUT2D eigenvalue weighted by Crippen LogP contribution is -2.54. The van der Waals surface area contributed by atoms with Crippen LogP contribution in [0.5, 0.6) is 0 Å². The summed E-state index contributed by atoms with van der Waals surface area (Å²) < 4.78 is 27.7. The van der Waals surface area contributed by atoms with Crippen molar-refractivity contribution in [2.24, 2.45) is 0 Å². The van der Waals surface area contributed by atoms with Crippen LogP contribution in [0.2, 0.25) is 0 Å². The van der Waals surface area contributed by atoms with Crippen LogP contribution >= 0.6 is 0 Å². The fraction of sp³-hybridized carbons (Fsp3) is 0.314. The molecule has 2 amide bonds. The molecule has 1 unspecified atom stereocenters. The first-order chi connectivity index (χ1) is 20.7. The molecule has 224 valence electrons. The maximum absolute atomic E-state index is 14.4. The number of rotatable bonds is 11. The van der Waals surface area contributed by atoms with Crippen molar-refractivity contribution in [1.82, 2.24) is 10.2 Å². The lowest BCUT2D eigenvalue weighted by atomic mass is 10.0. The van der Waals surface area contributed by atoms with Gasteiger partial charge in [-0.1, -0.05) is 104 Å². The van der Waals surface area contributed by atoms with E-state index < -0.39 is 28.5 Å². The minimum Gasteiger partial charge on any atom is -0.352 e. The van der Waals surface area contributed by atoms with E-state index in [2.05, 4.69) is 5.32 Å². The van der Waals surface area contributed by atoms with Crippen molar-refractivity contribution in [3.05, 3.63) is 114 Å². The van der Waals surface area contributed by atoms with Crippen molar-refractivity contribution in [2.75, 3.05) is 17.1 Å². The molecule has 0 saturated heterocycles. The van der Waals surface area contributed by atoms with Gasteiger partial charge in [0, 0.05) is 24.4 Å². The molecule has 0 bridgehead atoms. The van der Waals surface area contributed by atoms with Crippen LogP contribution < -0.4 is 9.62 Å². The average molecular weight is 598 g/mol. The van der Waals surface area contributed by atoms with Gasteiger partial charge >= 0.3 is 0 Å². The lowest BCUT2D eigenvalue weighted by Gasteiger charge is -2.34. The SMILES string of the molecule is Cc1ccccc1CN(C(=O)CN(c1cccc2ccccc12)S(C)(=O)=O)C(Cc1ccccc1)C(=O)NC1CCCC1. The van der Waals surface area contributed by atoms with Gasteiger partial charge in [0.25, 0.3) is 0 Å². The number of sulfonamides is 1. The number of anilines is 1. The Bertz CT molecular complexity index is 1680. The third-order valence-corrected chi connectivity index (χ3v) is 9.42. The van der Waals surface area contributed by atoms with Gasteiger partial charge in [0.2, 0.25) is 21.8 Å². The maximum atomic E-state index is 14.4. The molecule has 4 aromatic rings. The number of nitrogens with one attached hydrogen (secondary N) is 1. The van der Waals surface area contributed by atoms with E-state index >= 15 is 0 Å². The molecule has 43 heavy (non-hydrogen) atoms.